The largest absolute Gasteiger partial charge is 0.389 e. The number of nitrogens with zero attached hydrogens (tertiary/aromatic N) is 2. The first-order chi connectivity index (χ1) is 10.8. The van der Waals surface area contributed by atoms with Crippen LogP contribution in [0.25, 0.3) is 0 Å². The summed E-state index contributed by atoms with van der Waals surface area (Å²) in [4.78, 5) is 5.10. The van der Waals surface area contributed by atoms with Gasteiger partial charge in [0.05, 0.1) is 18.3 Å². The van der Waals surface area contributed by atoms with E-state index in [9.17, 15) is 5.11 Å². The molecule has 2 fully saturated rings. The second-order valence-electron chi connectivity index (χ2n) is 8.83. The standard InChI is InChI=1S/C19H38N2O2/c1-16-7-10-20(11-8-16)12-17-6-5-9-21(13-17)14-18(22)15-23-19(2,3)4/h16-18,22H,5-15H2,1-4H3. The van der Waals surface area contributed by atoms with Crippen molar-refractivity contribution in [3.05, 3.63) is 0 Å². The molecule has 2 unspecified atom stereocenters. The summed E-state index contributed by atoms with van der Waals surface area (Å²) >= 11 is 0. The Labute approximate surface area is 143 Å². The van der Waals surface area contributed by atoms with Crippen LogP contribution in [0, 0.1) is 11.8 Å². The summed E-state index contributed by atoms with van der Waals surface area (Å²) in [5.41, 5.74) is -0.170. The highest BCUT2D eigenvalue weighted by atomic mass is 16.5. The summed E-state index contributed by atoms with van der Waals surface area (Å²) in [6.07, 6.45) is 4.96. The Balaban J connectivity index is 1.68. The van der Waals surface area contributed by atoms with Crippen LogP contribution < -0.4 is 0 Å². The molecule has 2 rings (SSSR count). The van der Waals surface area contributed by atoms with Crippen molar-refractivity contribution in [1.82, 2.24) is 9.80 Å². The zero-order chi connectivity index (χ0) is 16.9. The van der Waals surface area contributed by atoms with Gasteiger partial charge >= 0.3 is 0 Å². The highest BCUT2D eigenvalue weighted by molar-refractivity contribution is 4.79. The van der Waals surface area contributed by atoms with E-state index >= 15 is 0 Å². The van der Waals surface area contributed by atoms with Gasteiger partial charge in [-0.3, -0.25) is 0 Å². The minimum Gasteiger partial charge on any atom is -0.389 e. The minimum atomic E-state index is -0.371. The lowest BCUT2D eigenvalue weighted by Gasteiger charge is -2.38. The van der Waals surface area contributed by atoms with Gasteiger partial charge < -0.3 is 19.6 Å². The maximum absolute atomic E-state index is 10.2. The van der Waals surface area contributed by atoms with E-state index in [0.717, 1.165) is 31.5 Å². The third-order valence-corrected chi connectivity index (χ3v) is 5.17. The third-order valence-electron chi connectivity index (χ3n) is 5.17. The smallest absolute Gasteiger partial charge is 0.0900 e. The maximum atomic E-state index is 10.2. The zero-order valence-corrected chi connectivity index (χ0v) is 15.8. The number of hydrogen-bond acceptors (Lipinski definition) is 4. The van der Waals surface area contributed by atoms with Crippen molar-refractivity contribution in [3.63, 3.8) is 0 Å². The second kappa shape index (κ2) is 8.80. The normalized spacial score (nSPS) is 27.3. The fourth-order valence-electron chi connectivity index (χ4n) is 3.77. The van der Waals surface area contributed by atoms with Crippen LogP contribution in [0.3, 0.4) is 0 Å². The Morgan fingerprint density at radius 2 is 1.78 bits per heavy atom. The molecular formula is C19H38N2O2. The summed E-state index contributed by atoms with van der Waals surface area (Å²) in [5.74, 6) is 1.68. The van der Waals surface area contributed by atoms with Gasteiger partial charge in [0.2, 0.25) is 0 Å². The van der Waals surface area contributed by atoms with Crippen LogP contribution in [0.5, 0.6) is 0 Å². The molecule has 0 radical (unpaired) electrons. The number of hydrogen-bond donors (Lipinski definition) is 1. The number of rotatable bonds is 6. The average Bonchev–Trinajstić information content (AvgIpc) is 2.47. The molecule has 23 heavy (non-hydrogen) atoms. The van der Waals surface area contributed by atoms with E-state index in [2.05, 4.69) is 16.7 Å². The van der Waals surface area contributed by atoms with Gasteiger partial charge in [0.1, 0.15) is 0 Å². The van der Waals surface area contributed by atoms with E-state index in [0.29, 0.717) is 6.61 Å². The van der Waals surface area contributed by atoms with Crippen molar-refractivity contribution in [3.8, 4) is 0 Å². The van der Waals surface area contributed by atoms with Crippen molar-refractivity contribution in [2.75, 3.05) is 45.9 Å². The summed E-state index contributed by atoms with van der Waals surface area (Å²) < 4.78 is 5.71. The van der Waals surface area contributed by atoms with E-state index in [1.807, 2.05) is 20.8 Å². The van der Waals surface area contributed by atoms with Gasteiger partial charge in [-0.05, 0) is 77.9 Å². The lowest BCUT2D eigenvalue weighted by molar-refractivity contribution is -0.0588. The lowest BCUT2D eigenvalue weighted by Crippen LogP contribution is -2.46. The lowest BCUT2D eigenvalue weighted by atomic mass is 9.94. The molecule has 0 spiro atoms. The Morgan fingerprint density at radius 1 is 1.09 bits per heavy atom. The first kappa shape index (κ1) is 19.2. The van der Waals surface area contributed by atoms with Gasteiger partial charge in [0, 0.05) is 19.6 Å². The molecule has 2 saturated heterocycles. The predicted octanol–water partition coefficient (Wildman–Crippen LogP) is 2.61. The van der Waals surface area contributed by atoms with Crippen molar-refractivity contribution in [1.29, 1.82) is 0 Å². The van der Waals surface area contributed by atoms with Gasteiger partial charge in [0.25, 0.3) is 0 Å². The van der Waals surface area contributed by atoms with E-state index in [1.54, 1.807) is 0 Å². The van der Waals surface area contributed by atoms with Gasteiger partial charge in [0.15, 0.2) is 0 Å². The Morgan fingerprint density at radius 3 is 2.43 bits per heavy atom. The molecule has 1 N–H and O–H groups in total. The topological polar surface area (TPSA) is 35.9 Å². The van der Waals surface area contributed by atoms with Gasteiger partial charge in [-0.15, -0.1) is 0 Å². The van der Waals surface area contributed by atoms with Crippen molar-refractivity contribution >= 4 is 0 Å². The van der Waals surface area contributed by atoms with Crippen LogP contribution in [0.15, 0.2) is 0 Å². The van der Waals surface area contributed by atoms with Gasteiger partial charge in [-0.1, -0.05) is 6.92 Å². The summed E-state index contributed by atoms with van der Waals surface area (Å²) in [7, 11) is 0. The molecule has 0 amide bonds. The average molecular weight is 327 g/mol. The molecule has 4 nitrogen and oxygen atoms in total. The molecule has 2 atom stereocenters. The van der Waals surface area contributed by atoms with E-state index in [-0.39, 0.29) is 11.7 Å². The van der Waals surface area contributed by atoms with Crippen LogP contribution >= 0.6 is 0 Å². The second-order valence-corrected chi connectivity index (χ2v) is 8.83. The zero-order valence-electron chi connectivity index (χ0n) is 15.8. The molecule has 2 aliphatic rings. The highest BCUT2D eigenvalue weighted by Crippen LogP contribution is 2.22. The van der Waals surface area contributed by atoms with Crippen molar-refractivity contribution < 1.29 is 9.84 Å². The number of β-amino-alcohol motifs (C(OH)–C–C–N with tert-alkyl or cyclic N) is 1. The number of aliphatic hydroxyl groups excluding tert-OH is 1. The molecule has 0 aromatic carbocycles. The van der Waals surface area contributed by atoms with Crippen LogP contribution in [0.4, 0.5) is 0 Å². The minimum absolute atomic E-state index is 0.170. The molecule has 0 aromatic heterocycles. The van der Waals surface area contributed by atoms with Crippen LogP contribution in [-0.2, 0) is 4.74 Å². The fourth-order valence-corrected chi connectivity index (χ4v) is 3.77. The summed E-state index contributed by atoms with van der Waals surface area (Å²) in [5, 5.41) is 10.2. The molecule has 0 aromatic rings. The number of ether oxygens (including phenoxy) is 1. The quantitative estimate of drug-likeness (QED) is 0.814. The summed E-state index contributed by atoms with van der Waals surface area (Å²) in [6.45, 7) is 15.7. The predicted molar refractivity (Wildman–Crippen MR) is 95.7 cm³/mol. The molecule has 2 heterocycles. The van der Waals surface area contributed by atoms with Crippen LogP contribution in [0.2, 0.25) is 0 Å². The summed E-state index contributed by atoms with van der Waals surface area (Å²) in [6, 6.07) is 0. The third kappa shape index (κ3) is 7.51. The number of likely N-dealkylation sites (tertiary alicyclic amines) is 2. The molecule has 0 aliphatic carbocycles. The first-order valence-electron chi connectivity index (χ1n) is 9.58. The highest BCUT2D eigenvalue weighted by Gasteiger charge is 2.25. The Hall–Kier alpha value is -0.160. The monoisotopic (exact) mass is 326 g/mol. The molecule has 4 heteroatoms. The molecular weight excluding hydrogens is 288 g/mol. The fraction of sp³-hybridized carbons (Fsp3) is 1.00. The molecule has 0 saturated carbocycles. The molecule has 0 bridgehead atoms. The van der Waals surface area contributed by atoms with Crippen molar-refractivity contribution in [2.45, 2.75) is 65.1 Å². The molecule has 136 valence electrons. The van der Waals surface area contributed by atoms with Crippen LogP contribution in [0.1, 0.15) is 53.4 Å². The number of aliphatic hydroxyl groups is 1. The Kier molecular flexibility index (Phi) is 7.33. The maximum Gasteiger partial charge on any atom is 0.0900 e. The van der Waals surface area contributed by atoms with Crippen LogP contribution in [-0.4, -0.2) is 72.5 Å². The first-order valence-corrected chi connectivity index (χ1v) is 9.58. The van der Waals surface area contributed by atoms with E-state index < -0.39 is 0 Å². The van der Waals surface area contributed by atoms with Gasteiger partial charge in [-0.2, -0.15) is 0 Å². The van der Waals surface area contributed by atoms with E-state index in [4.69, 9.17) is 4.74 Å². The van der Waals surface area contributed by atoms with Crippen molar-refractivity contribution in [2.24, 2.45) is 11.8 Å². The molecule has 2 aliphatic heterocycles. The SMILES string of the molecule is CC1CCN(CC2CCCN(CC(O)COC(C)(C)C)C2)CC1. The van der Waals surface area contributed by atoms with Gasteiger partial charge in [-0.25, -0.2) is 0 Å². The van der Waals surface area contributed by atoms with E-state index in [1.165, 1.54) is 45.3 Å². The number of piperidine rings is 2. The Bertz CT molecular complexity index is 335.